The molecule has 1 aliphatic heterocycles. The van der Waals surface area contributed by atoms with Gasteiger partial charge in [0, 0.05) is 23.1 Å². The molecule has 3 heteroatoms. The molecule has 1 amide bonds. The summed E-state index contributed by atoms with van der Waals surface area (Å²) in [5, 5.41) is 0. The molecule has 1 aromatic rings. The van der Waals surface area contributed by atoms with Crippen LogP contribution >= 0.6 is 15.9 Å². The van der Waals surface area contributed by atoms with Crippen molar-refractivity contribution in [3.63, 3.8) is 0 Å². The van der Waals surface area contributed by atoms with Crippen molar-refractivity contribution in [2.45, 2.75) is 13.3 Å². The van der Waals surface area contributed by atoms with Crippen molar-refractivity contribution < 1.29 is 4.79 Å². The van der Waals surface area contributed by atoms with Crippen LogP contribution in [0.3, 0.4) is 0 Å². The van der Waals surface area contributed by atoms with E-state index in [0.717, 1.165) is 35.1 Å². The third kappa shape index (κ3) is 1.69. The van der Waals surface area contributed by atoms with Crippen LogP contribution in [0.5, 0.6) is 0 Å². The van der Waals surface area contributed by atoms with Crippen LogP contribution < -0.4 is 0 Å². The van der Waals surface area contributed by atoms with Crippen LogP contribution in [0.1, 0.15) is 22.3 Å². The molecule has 74 valence electrons. The molecule has 0 aliphatic carbocycles. The second kappa shape index (κ2) is 3.73. The lowest BCUT2D eigenvalue weighted by atomic mass is 10.1. The zero-order chi connectivity index (χ0) is 10.1. The maximum Gasteiger partial charge on any atom is 0.253 e. The molecule has 0 unspecified atom stereocenters. The number of aryl methyl sites for hydroxylation is 1. The lowest BCUT2D eigenvalue weighted by Crippen LogP contribution is -2.42. The van der Waals surface area contributed by atoms with Crippen molar-refractivity contribution in [1.82, 2.24) is 4.90 Å². The Morgan fingerprint density at radius 1 is 1.43 bits per heavy atom. The average molecular weight is 254 g/mol. The van der Waals surface area contributed by atoms with E-state index in [1.165, 1.54) is 0 Å². The van der Waals surface area contributed by atoms with Gasteiger partial charge in [-0.25, -0.2) is 0 Å². The number of rotatable bonds is 1. The first-order valence-electron chi connectivity index (χ1n) is 4.74. The number of hydrogen-bond donors (Lipinski definition) is 0. The molecular formula is C11H12BrNO. The molecule has 0 radical (unpaired) electrons. The highest BCUT2D eigenvalue weighted by Gasteiger charge is 2.21. The number of nitrogens with zero attached hydrogens (tertiary/aromatic N) is 1. The van der Waals surface area contributed by atoms with E-state index in [1.807, 2.05) is 30.0 Å². The Hall–Kier alpha value is -0.830. The molecule has 1 fully saturated rings. The van der Waals surface area contributed by atoms with Crippen LogP contribution in [0.15, 0.2) is 22.7 Å². The van der Waals surface area contributed by atoms with Gasteiger partial charge in [-0.05, 0) is 31.0 Å². The fourth-order valence-electron chi connectivity index (χ4n) is 1.43. The summed E-state index contributed by atoms with van der Waals surface area (Å²) in [5.41, 5.74) is 1.94. The minimum atomic E-state index is 0.150. The Balaban J connectivity index is 2.23. The number of benzene rings is 1. The molecule has 14 heavy (non-hydrogen) atoms. The van der Waals surface area contributed by atoms with Gasteiger partial charge < -0.3 is 4.90 Å². The van der Waals surface area contributed by atoms with E-state index in [1.54, 1.807) is 0 Å². The Kier molecular flexibility index (Phi) is 2.59. The molecule has 1 heterocycles. The summed E-state index contributed by atoms with van der Waals surface area (Å²) in [6, 6.07) is 5.76. The molecule has 0 spiro atoms. The number of carbonyl (C=O) groups is 1. The van der Waals surface area contributed by atoms with E-state index in [4.69, 9.17) is 0 Å². The first-order chi connectivity index (χ1) is 6.68. The fraction of sp³-hybridized carbons (Fsp3) is 0.364. The number of amides is 1. The summed E-state index contributed by atoms with van der Waals surface area (Å²) in [6.07, 6.45) is 1.14. The number of carbonyl (C=O) groups excluding carboxylic acids is 1. The number of hydrogen-bond acceptors (Lipinski definition) is 1. The van der Waals surface area contributed by atoms with Crippen molar-refractivity contribution in [2.75, 3.05) is 13.1 Å². The number of halogens is 1. The van der Waals surface area contributed by atoms with E-state index in [-0.39, 0.29) is 5.91 Å². The highest BCUT2D eigenvalue weighted by atomic mass is 79.9. The zero-order valence-electron chi connectivity index (χ0n) is 8.09. The van der Waals surface area contributed by atoms with Gasteiger partial charge in [-0.3, -0.25) is 4.79 Å². The molecule has 1 aliphatic rings. The lowest BCUT2D eigenvalue weighted by Gasteiger charge is -2.31. The lowest BCUT2D eigenvalue weighted by molar-refractivity contribution is 0.0652. The van der Waals surface area contributed by atoms with Crippen molar-refractivity contribution in [1.29, 1.82) is 0 Å². The highest BCUT2D eigenvalue weighted by molar-refractivity contribution is 9.10. The predicted molar refractivity (Wildman–Crippen MR) is 59.4 cm³/mol. The van der Waals surface area contributed by atoms with Gasteiger partial charge in [0.2, 0.25) is 0 Å². The summed E-state index contributed by atoms with van der Waals surface area (Å²) in [7, 11) is 0. The molecule has 2 nitrogen and oxygen atoms in total. The standard InChI is InChI=1S/C11H12BrNO/c1-8-3-4-9(7-10(8)12)11(14)13-5-2-6-13/h3-4,7H,2,5-6H2,1H3. The molecule has 0 saturated carbocycles. The minimum Gasteiger partial charge on any atom is -0.339 e. The average Bonchev–Trinajstić information content (AvgIpc) is 2.06. The van der Waals surface area contributed by atoms with E-state index in [9.17, 15) is 4.79 Å². The smallest absolute Gasteiger partial charge is 0.253 e. The van der Waals surface area contributed by atoms with Gasteiger partial charge in [-0.15, -0.1) is 0 Å². The van der Waals surface area contributed by atoms with E-state index < -0.39 is 0 Å². The Morgan fingerprint density at radius 3 is 2.64 bits per heavy atom. The van der Waals surface area contributed by atoms with Gasteiger partial charge in [0.05, 0.1) is 0 Å². The molecule has 1 saturated heterocycles. The topological polar surface area (TPSA) is 20.3 Å². The summed E-state index contributed by atoms with van der Waals surface area (Å²) in [5.74, 6) is 0.150. The summed E-state index contributed by atoms with van der Waals surface area (Å²) >= 11 is 3.43. The molecule has 0 bridgehead atoms. The summed E-state index contributed by atoms with van der Waals surface area (Å²) in [4.78, 5) is 13.7. The van der Waals surface area contributed by atoms with Crippen LogP contribution in [0.25, 0.3) is 0 Å². The SMILES string of the molecule is Cc1ccc(C(=O)N2CCC2)cc1Br. The van der Waals surface area contributed by atoms with Crippen LogP contribution in [-0.4, -0.2) is 23.9 Å². The Morgan fingerprint density at radius 2 is 2.14 bits per heavy atom. The first-order valence-corrected chi connectivity index (χ1v) is 5.53. The normalized spacial score (nSPS) is 15.1. The molecular weight excluding hydrogens is 242 g/mol. The molecule has 0 N–H and O–H groups in total. The van der Waals surface area contributed by atoms with Gasteiger partial charge in [0.1, 0.15) is 0 Å². The van der Waals surface area contributed by atoms with E-state index >= 15 is 0 Å². The van der Waals surface area contributed by atoms with Crippen LogP contribution in [-0.2, 0) is 0 Å². The molecule has 0 atom stereocenters. The number of likely N-dealkylation sites (tertiary alicyclic amines) is 1. The van der Waals surface area contributed by atoms with Crippen molar-refractivity contribution >= 4 is 21.8 Å². The third-order valence-electron chi connectivity index (χ3n) is 2.56. The molecule has 0 aromatic heterocycles. The zero-order valence-corrected chi connectivity index (χ0v) is 9.67. The summed E-state index contributed by atoms with van der Waals surface area (Å²) in [6.45, 7) is 3.83. The minimum absolute atomic E-state index is 0.150. The van der Waals surface area contributed by atoms with Crippen molar-refractivity contribution in [3.05, 3.63) is 33.8 Å². The van der Waals surface area contributed by atoms with Crippen molar-refractivity contribution in [3.8, 4) is 0 Å². The second-order valence-electron chi connectivity index (χ2n) is 3.61. The van der Waals surface area contributed by atoms with Gasteiger partial charge in [-0.1, -0.05) is 22.0 Å². The molecule has 2 rings (SSSR count). The maximum atomic E-state index is 11.8. The second-order valence-corrected chi connectivity index (χ2v) is 4.46. The van der Waals surface area contributed by atoms with E-state index in [0.29, 0.717) is 0 Å². The third-order valence-corrected chi connectivity index (χ3v) is 3.42. The first kappa shape index (κ1) is 9.71. The highest BCUT2D eigenvalue weighted by Crippen LogP contribution is 2.20. The fourth-order valence-corrected chi connectivity index (χ4v) is 1.81. The molecule has 1 aromatic carbocycles. The van der Waals surface area contributed by atoms with Crippen LogP contribution in [0, 0.1) is 6.92 Å². The largest absolute Gasteiger partial charge is 0.339 e. The van der Waals surface area contributed by atoms with Crippen LogP contribution in [0.2, 0.25) is 0 Å². The van der Waals surface area contributed by atoms with Gasteiger partial charge in [0.25, 0.3) is 5.91 Å². The van der Waals surface area contributed by atoms with E-state index in [2.05, 4.69) is 15.9 Å². The van der Waals surface area contributed by atoms with Crippen LogP contribution in [0.4, 0.5) is 0 Å². The Bertz CT molecular complexity index is 372. The monoisotopic (exact) mass is 253 g/mol. The predicted octanol–water partition coefficient (Wildman–Crippen LogP) is 2.60. The quantitative estimate of drug-likeness (QED) is 0.754. The van der Waals surface area contributed by atoms with Gasteiger partial charge in [0.15, 0.2) is 0 Å². The van der Waals surface area contributed by atoms with Gasteiger partial charge in [-0.2, -0.15) is 0 Å². The van der Waals surface area contributed by atoms with Crippen molar-refractivity contribution in [2.24, 2.45) is 0 Å². The summed E-state index contributed by atoms with van der Waals surface area (Å²) < 4.78 is 1.00. The maximum absolute atomic E-state index is 11.8. The Labute approximate surface area is 92.0 Å². The van der Waals surface area contributed by atoms with Gasteiger partial charge >= 0.3 is 0 Å².